The quantitative estimate of drug-likeness (QED) is 0.342. The van der Waals surface area contributed by atoms with Crippen molar-refractivity contribution in [2.24, 2.45) is 0 Å². The molecule has 0 radical (unpaired) electrons. The van der Waals surface area contributed by atoms with Gasteiger partial charge in [-0.05, 0) is 35.9 Å². The van der Waals surface area contributed by atoms with Gasteiger partial charge in [0.05, 0.1) is 11.9 Å². The number of rotatable bonds is 4. The van der Waals surface area contributed by atoms with Crippen LogP contribution in [0.2, 0.25) is 0 Å². The first-order valence-corrected chi connectivity index (χ1v) is 11.9. The Kier molecular flexibility index (Phi) is 11.9. The Balaban J connectivity index is 0.000000949. The molecule has 2 N–H and O–H groups in total. The predicted molar refractivity (Wildman–Crippen MR) is 132 cm³/mol. The number of H-pyrrole nitrogens is 1. The Morgan fingerprint density at radius 1 is 1.03 bits per heavy atom. The minimum absolute atomic E-state index is 0.0245. The van der Waals surface area contributed by atoms with Crippen LogP contribution in [0, 0.1) is 17.5 Å². The maximum Gasteiger partial charge on any atom is 0.291 e. The molecule has 12 heteroatoms. The first-order chi connectivity index (χ1) is 16.9. The van der Waals surface area contributed by atoms with Crippen molar-refractivity contribution in [1.82, 2.24) is 29.5 Å². The van der Waals surface area contributed by atoms with Gasteiger partial charge >= 0.3 is 0 Å². The number of nitrogens with one attached hydrogen (secondary N) is 1. The number of fused-ring (bicyclic) bond motifs is 1. The van der Waals surface area contributed by atoms with Crippen LogP contribution in [-0.2, 0) is 12.8 Å². The molecule has 0 aliphatic rings. The number of thiol groups is 1. The molecule has 35 heavy (non-hydrogen) atoms. The smallest absolute Gasteiger partial charge is 0.291 e. The average molecular weight is 511 g/mol. The number of aromatic nitrogens is 6. The van der Waals surface area contributed by atoms with E-state index in [1.807, 2.05) is 27.7 Å². The molecule has 0 amide bonds. The molecule has 4 rings (SSSR count). The molecule has 0 saturated heterocycles. The van der Waals surface area contributed by atoms with Gasteiger partial charge < -0.3 is 10.1 Å². The molecule has 0 saturated carbocycles. The second-order valence-electron chi connectivity index (χ2n) is 6.22. The van der Waals surface area contributed by atoms with E-state index < -0.39 is 28.9 Å². The predicted octanol–water partition coefficient (Wildman–Crippen LogP) is 4.75. The molecule has 3 aromatic heterocycles. The molecule has 0 bridgehead atoms. The third kappa shape index (κ3) is 6.81. The van der Waals surface area contributed by atoms with Crippen molar-refractivity contribution in [3.63, 3.8) is 0 Å². The van der Waals surface area contributed by atoms with E-state index in [1.165, 1.54) is 17.0 Å². The van der Waals surface area contributed by atoms with Crippen LogP contribution in [0.25, 0.3) is 17.2 Å². The van der Waals surface area contributed by atoms with Crippen molar-refractivity contribution in [2.75, 3.05) is 6.26 Å². The Morgan fingerprint density at radius 3 is 2.23 bits per heavy atom. The fourth-order valence-electron chi connectivity index (χ4n) is 2.91. The molecule has 4 aromatic rings. The summed E-state index contributed by atoms with van der Waals surface area (Å²) in [4.78, 5) is 25.6. The van der Waals surface area contributed by atoms with E-state index in [4.69, 9.17) is 0 Å². The molecule has 3 heterocycles. The first-order valence-electron chi connectivity index (χ1n) is 11.0. The lowest BCUT2D eigenvalue weighted by Crippen LogP contribution is -2.14. The van der Waals surface area contributed by atoms with Crippen LogP contribution in [0.15, 0.2) is 29.5 Å². The second-order valence-corrected chi connectivity index (χ2v) is 6.22. The minimum Gasteiger partial charge on any atom is -0.491 e. The summed E-state index contributed by atoms with van der Waals surface area (Å²) in [5.74, 6) is -3.87. The zero-order valence-electron chi connectivity index (χ0n) is 20.4. The summed E-state index contributed by atoms with van der Waals surface area (Å²) in [7, 11) is 0. The van der Waals surface area contributed by atoms with Crippen LogP contribution in [-0.4, -0.2) is 40.9 Å². The molecule has 0 spiro atoms. The summed E-state index contributed by atoms with van der Waals surface area (Å²) in [6, 6.07) is 2.23. The van der Waals surface area contributed by atoms with Gasteiger partial charge in [0.2, 0.25) is 5.82 Å². The number of nitrogens with zero attached hydrogens (tertiary/aromatic N) is 5. The van der Waals surface area contributed by atoms with Crippen LogP contribution in [0.4, 0.5) is 13.2 Å². The van der Waals surface area contributed by atoms with Crippen molar-refractivity contribution in [1.29, 1.82) is 0 Å². The molecular weight excluding hydrogens is 481 g/mol. The Labute approximate surface area is 206 Å². The Morgan fingerprint density at radius 2 is 1.63 bits per heavy atom. The molecule has 1 aromatic carbocycles. The molecule has 0 atom stereocenters. The van der Waals surface area contributed by atoms with Crippen molar-refractivity contribution < 1.29 is 18.3 Å². The molecule has 190 valence electrons. The zero-order valence-corrected chi connectivity index (χ0v) is 21.3. The monoisotopic (exact) mass is 510 g/mol. The highest BCUT2D eigenvalue weighted by Crippen LogP contribution is 2.22. The van der Waals surface area contributed by atoms with E-state index in [2.05, 4.69) is 37.7 Å². The van der Waals surface area contributed by atoms with Gasteiger partial charge in [-0.2, -0.15) is 27.1 Å². The summed E-state index contributed by atoms with van der Waals surface area (Å²) in [6.07, 6.45) is 4.50. The van der Waals surface area contributed by atoms with Crippen LogP contribution in [0.5, 0.6) is 5.88 Å². The van der Waals surface area contributed by atoms with Crippen molar-refractivity contribution in [3.05, 3.63) is 69.3 Å². The van der Waals surface area contributed by atoms with Gasteiger partial charge in [-0.25, -0.2) is 23.3 Å². The largest absolute Gasteiger partial charge is 0.491 e. The third-order valence-corrected chi connectivity index (χ3v) is 4.37. The number of halogens is 3. The van der Waals surface area contributed by atoms with E-state index in [-0.39, 0.29) is 40.4 Å². The van der Waals surface area contributed by atoms with Crippen molar-refractivity contribution in [2.45, 2.75) is 47.5 Å². The zero-order chi connectivity index (χ0) is 26.7. The summed E-state index contributed by atoms with van der Waals surface area (Å²) in [6.45, 7) is 9.72. The Hall–Kier alpha value is -3.41. The van der Waals surface area contributed by atoms with Gasteiger partial charge in [-0.1, -0.05) is 34.6 Å². The van der Waals surface area contributed by atoms with Crippen molar-refractivity contribution >= 4 is 18.3 Å². The van der Waals surface area contributed by atoms with Gasteiger partial charge in [0, 0.05) is 6.42 Å². The highest BCUT2D eigenvalue weighted by molar-refractivity contribution is 7.79. The maximum absolute atomic E-state index is 14.4. The molecule has 0 aliphatic carbocycles. The van der Waals surface area contributed by atoms with E-state index in [0.29, 0.717) is 6.42 Å². The van der Waals surface area contributed by atoms with E-state index in [0.717, 1.165) is 12.1 Å². The molecule has 8 nitrogen and oxygen atoms in total. The molecule has 0 fully saturated rings. The SMILES string of the molecule is CC.CC.CCc1cc(F)c(Cc2nc(-c3nc(O)c(F)c(=O)[nH]3)cn3ncnc23)cc1F.CS. The highest BCUT2D eigenvalue weighted by atomic mass is 32.1. The van der Waals surface area contributed by atoms with Crippen LogP contribution >= 0.6 is 12.6 Å². The fourth-order valence-corrected chi connectivity index (χ4v) is 2.91. The van der Waals surface area contributed by atoms with Gasteiger partial charge in [0.1, 0.15) is 23.7 Å². The summed E-state index contributed by atoms with van der Waals surface area (Å²) < 4.78 is 43.2. The number of aryl methyl sites for hydroxylation is 1. The number of hydrogen-bond donors (Lipinski definition) is 3. The van der Waals surface area contributed by atoms with Gasteiger partial charge in [0.25, 0.3) is 11.4 Å². The summed E-state index contributed by atoms with van der Waals surface area (Å²) >= 11 is 3.53. The highest BCUT2D eigenvalue weighted by Gasteiger charge is 2.17. The molecular formula is C23H29F3N6O2S. The minimum atomic E-state index is -1.43. The molecule has 0 unspecified atom stereocenters. The summed E-state index contributed by atoms with van der Waals surface area (Å²) in [5.41, 5.74) is -0.355. The van der Waals surface area contributed by atoms with E-state index >= 15 is 0 Å². The lowest BCUT2D eigenvalue weighted by Gasteiger charge is -2.09. The van der Waals surface area contributed by atoms with Gasteiger partial charge in [0.15, 0.2) is 11.5 Å². The van der Waals surface area contributed by atoms with E-state index in [9.17, 15) is 23.1 Å². The topological polar surface area (TPSA) is 109 Å². The number of hydrogen-bond acceptors (Lipinski definition) is 7. The fraction of sp³-hybridized carbons (Fsp3) is 0.348. The van der Waals surface area contributed by atoms with Crippen LogP contribution in [0.1, 0.15) is 51.4 Å². The normalized spacial score (nSPS) is 9.89. The number of aromatic hydroxyl groups is 1. The average Bonchev–Trinajstić information content (AvgIpc) is 3.37. The lowest BCUT2D eigenvalue weighted by atomic mass is 10.0. The van der Waals surface area contributed by atoms with Gasteiger partial charge in [-0.15, -0.1) is 0 Å². The number of aromatic amines is 1. The standard InChI is InChI=1S/C18H13F3N6O2.2C2H6.CH4S/c1-2-8-3-11(20)9(4-10(8)19)5-12-16-22-7-23-27(16)6-13(24-12)15-25-17(28)14(21)18(29)26-15;3*1-2/h3-4,6-7H,2,5H2,1H3,(H2,25,26,28,29);2*1-2H3;2H,1H3. The van der Waals surface area contributed by atoms with Crippen LogP contribution in [0.3, 0.4) is 0 Å². The maximum atomic E-state index is 14.4. The summed E-state index contributed by atoms with van der Waals surface area (Å²) in [5, 5.41) is 13.5. The van der Waals surface area contributed by atoms with E-state index in [1.54, 1.807) is 13.2 Å². The molecule has 0 aliphatic heterocycles. The van der Waals surface area contributed by atoms with Gasteiger partial charge in [-0.3, -0.25) is 4.79 Å². The first kappa shape index (κ1) is 29.6. The lowest BCUT2D eigenvalue weighted by molar-refractivity contribution is 0.405. The second kappa shape index (κ2) is 14.1. The Bertz CT molecular complexity index is 1310. The number of benzene rings is 1. The van der Waals surface area contributed by atoms with Crippen LogP contribution < -0.4 is 5.56 Å². The van der Waals surface area contributed by atoms with Crippen molar-refractivity contribution in [3.8, 4) is 17.4 Å². The third-order valence-electron chi connectivity index (χ3n) is 4.37.